The molecule has 0 bridgehead atoms. The number of carboxylic acids is 1. The van der Waals surface area contributed by atoms with Crippen LogP contribution in [0, 0.1) is 0 Å². The molecule has 0 heterocycles. The number of carbonyl (C=O) groups is 1. The predicted octanol–water partition coefficient (Wildman–Crippen LogP) is -3.07. The molecule has 7 heavy (non-hydrogen) atoms. The van der Waals surface area contributed by atoms with Gasteiger partial charge in [0.05, 0.1) is 6.54 Å². The van der Waals surface area contributed by atoms with E-state index in [1.807, 2.05) is 0 Å². The second-order valence-electron chi connectivity index (χ2n) is 0.598. The summed E-state index contributed by atoms with van der Waals surface area (Å²) in [6.45, 7) is -0.278. The van der Waals surface area contributed by atoms with E-state index in [2.05, 4.69) is 5.73 Å². The third kappa shape index (κ3) is 19.0. The molecule has 0 fully saturated rings. The molecule has 0 amide bonds. The Morgan fingerprint density at radius 1 is 1.71 bits per heavy atom. The van der Waals surface area contributed by atoms with E-state index in [1.165, 1.54) is 0 Å². The van der Waals surface area contributed by atoms with Gasteiger partial charge in [0.2, 0.25) is 0 Å². The third-order valence-corrected chi connectivity index (χ3v) is 0.175. The molecule has 0 atom stereocenters. The van der Waals surface area contributed by atoms with Crippen LogP contribution < -0.4 is 5.73 Å². The summed E-state index contributed by atoms with van der Waals surface area (Å²) in [6, 6.07) is 0. The SMILES string of the molecule is NCC(=O)O.[AlH3].[CaH2]. The van der Waals surface area contributed by atoms with Gasteiger partial charge in [0.1, 0.15) is 0 Å². The number of nitrogens with two attached hydrogens (primary N) is 1. The Morgan fingerprint density at radius 3 is 1.86 bits per heavy atom. The average Bonchev–Trinajstić information content (AvgIpc) is 1.38. The Hall–Kier alpha value is 1.22. The molecule has 5 heteroatoms. The monoisotopic (exact) mass is 147 g/mol. The van der Waals surface area contributed by atoms with Crippen LogP contribution >= 0.6 is 0 Å². The molecule has 0 aromatic heterocycles. The number of aliphatic carboxylic acids is 1. The second kappa shape index (κ2) is 10.3. The summed E-state index contributed by atoms with van der Waals surface area (Å²) in [5.41, 5.74) is 4.57. The molecule has 0 saturated carbocycles. The maximum atomic E-state index is 9.24. The summed E-state index contributed by atoms with van der Waals surface area (Å²) < 4.78 is 0. The summed E-state index contributed by atoms with van der Waals surface area (Å²) in [4.78, 5) is 9.24. The molecule has 3 N–H and O–H groups in total. The summed E-state index contributed by atoms with van der Waals surface area (Å²) in [5, 5.41) is 7.60. The predicted molar refractivity (Wildman–Crippen MR) is 35.2 cm³/mol. The van der Waals surface area contributed by atoms with Crippen LogP contribution in [-0.4, -0.2) is 72.7 Å². The van der Waals surface area contributed by atoms with Crippen LogP contribution in [0.15, 0.2) is 0 Å². The molecule has 0 aliphatic heterocycles. The van der Waals surface area contributed by atoms with Gasteiger partial charge in [0, 0.05) is 0 Å². The first-order valence-corrected chi connectivity index (χ1v) is 1.19. The van der Waals surface area contributed by atoms with E-state index in [0.717, 1.165) is 0 Å². The summed E-state index contributed by atoms with van der Waals surface area (Å²) in [5.74, 6) is -0.968. The van der Waals surface area contributed by atoms with Gasteiger partial charge in [-0.25, -0.2) is 0 Å². The van der Waals surface area contributed by atoms with E-state index in [9.17, 15) is 4.79 Å². The van der Waals surface area contributed by atoms with Crippen LogP contribution in [0.25, 0.3) is 0 Å². The fourth-order valence-corrected chi connectivity index (χ4v) is 0. The van der Waals surface area contributed by atoms with Crippen molar-refractivity contribution in [1.82, 2.24) is 0 Å². The molecule has 0 aromatic rings. The first-order chi connectivity index (χ1) is 2.27. The molecular formula is C2H10AlCaNO2. The van der Waals surface area contributed by atoms with Crippen molar-refractivity contribution in [1.29, 1.82) is 0 Å². The Labute approximate surface area is 82.4 Å². The van der Waals surface area contributed by atoms with E-state index in [4.69, 9.17) is 5.11 Å². The molecule has 0 radical (unpaired) electrons. The van der Waals surface area contributed by atoms with E-state index in [1.54, 1.807) is 0 Å². The average molecular weight is 147 g/mol. The molecular weight excluding hydrogens is 137 g/mol. The molecule has 40 valence electrons. The minimum absolute atomic E-state index is 0. The number of rotatable bonds is 1. The molecule has 0 spiro atoms. The quantitative estimate of drug-likeness (QED) is 0.387. The zero-order valence-electron chi connectivity index (χ0n) is 2.64. The minimum atomic E-state index is -0.968. The van der Waals surface area contributed by atoms with Crippen molar-refractivity contribution < 1.29 is 9.90 Å². The van der Waals surface area contributed by atoms with Crippen molar-refractivity contribution in [3.63, 3.8) is 0 Å². The first kappa shape index (κ1) is 15.7. The van der Waals surface area contributed by atoms with E-state index in [-0.39, 0.29) is 61.6 Å². The zero-order chi connectivity index (χ0) is 4.28. The van der Waals surface area contributed by atoms with Gasteiger partial charge in [0.25, 0.3) is 0 Å². The van der Waals surface area contributed by atoms with Crippen molar-refractivity contribution in [2.24, 2.45) is 5.73 Å². The van der Waals surface area contributed by atoms with Crippen molar-refractivity contribution in [3.05, 3.63) is 0 Å². The first-order valence-electron chi connectivity index (χ1n) is 1.19. The Bertz CT molecular complexity index is 51.0. The topological polar surface area (TPSA) is 63.3 Å². The molecule has 0 unspecified atom stereocenters. The van der Waals surface area contributed by atoms with Crippen molar-refractivity contribution in [2.75, 3.05) is 6.54 Å². The summed E-state index contributed by atoms with van der Waals surface area (Å²) in [6.07, 6.45) is 0. The van der Waals surface area contributed by atoms with Gasteiger partial charge in [-0.1, -0.05) is 0 Å². The van der Waals surface area contributed by atoms with Crippen LogP contribution in [0.5, 0.6) is 0 Å². The molecule has 0 saturated heterocycles. The van der Waals surface area contributed by atoms with Crippen LogP contribution in [0.2, 0.25) is 0 Å². The molecule has 0 aliphatic rings. The normalized spacial score (nSPS) is 5.29. The van der Waals surface area contributed by atoms with Gasteiger partial charge in [-0.2, -0.15) is 0 Å². The Kier molecular flexibility index (Phi) is 23.0. The number of hydrogen-bond acceptors (Lipinski definition) is 2. The number of hydrogen-bond donors (Lipinski definition) is 2. The van der Waals surface area contributed by atoms with Crippen molar-refractivity contribution in [2.45, 2.75) is 0 Å². The van der Waals surface area contributed by atoms with Crippen LogP contribution in [-0.2, 0) is 4.79 Å². The van der Waals surface area contributed by atoms with Crippen LogP contribution in [0.4, 0.5) is 0 Å². The van der Waals surface area contributed by atoms with Crippen LogP contribution in [0.3, 0.4) is 0 Å². The van der Waals surface area contributed by atoms with Gasteiger partial charge in [-0.15, -0.1) is 0 Å². The van der Waals surface area contributed by atoms with Gasteiger partial charge in [-0.3, -0.25) is 4.79 Å². The fraction of sp³-hybridized carbons (Fsp3) is 0.500. The maximum absolute atomic E-state index is 9.24. The van der Waals surface area contributed by atoms with Gasteiger partial charge in [-0.05, 0) is 0 Å². The van der Waals surface area contributed by atoms with Crippen molar-refractivity contribution >= 4 is 61.1 Å². The Balaban J connectivity index is -0.0000000800. The Morgan fingerprint density at radius 2 is 1.86 bits per heavy atom. The summed E-state index contributed by atoms with van der Waals surface area (Å²) >= 11 is 0. The zero-order valence-corrected chi connectivity index (χ0v) is 2.64. The fourth-order valence-electron chi connectivity index (χ4n) is 0. The van der Waals surface area contributed by atoms with Gasteiger partial charge < -0.3 is 10.8 Å². The third-order valence-electron chi connectivity index (χ3n) is 0.175. The van der Waals surface area contributed by atoms with Gasteiger partial charge >= 0.3 is 43.7 Å². The van der Waals surface area contributed by atoms with Crippen molar-refractivity contribution in [3.8, 4) is 0 Å². The molecule has 0 aromatic carbocycles. The standard InChI is InChI=1S/C2H5NO2.Al.Ca.5H/c3-1-2(4)5;;;;;;;/h1,3H2,(H,4,5);;;;;;;. The van der Waals surface area contributed by atoms with Crippen LogP contribution in [0.1, 0.15) is 0 Å². The number of carboxylic acid groups (broad SMARTS) is 1. The molecule has 0 rings (SSSR count). The summed E-state index contributed by atoms with van der Waals surface area (Å²) in [7, 11) is 0. The van der Waals surface area contributed by atoms with E-state index >= 15 is 0 Å². The van der Waals surface area contributed by atoms with E-state index in [0.29, 0.717) is 0 Å². The van der Waals surface area contributed by atoms with Gasteiger partial charge in [0.15, 0.2) is 17.4 Å². The molecule has 0 aliphatic carbocycles. The molecule has 3 nitrogen and oxygen atoms in total. The second-order valence-corrected chi connectivity index (χ2v) is 0.598. The van der Waals surface area contributed by atoms with E-state index < -0.39 is 5.97 Å².